The maximum atomic E-state index is 12.3. The number of hydrogen-bond acceptors (Lipinski definition) is 4. The first-order chi connectivity index (χ1) is 12.1. The summed E-state index contributed by atoms with van der Waals surface area (Å²) in [5.41, 5.74) is 2.25. The fraction of sp³-hybridized carbons (Fsp3) is 0.158. The van der Waals surface area contributed by atoms with E-state index in [9.17, 15) is 9.90 Å². The topological polar surface area (TPSA) is 75.4 Å². The Morgan fingerprint density at radius 1 is 1.20 bits per heavy atom. The number of aliphatic hydroxyl groups is 1. The first-order valence-corrected chi connectivity index (χ1v) is 8.17. The van der Waals surface area contributed by atoms with E-state index in [0.717, 1.165) is 5.56 Å². The highest BCUT2D eigenvalue weighted by Gasteiger charge is 2.25. The lowest BCUT2D eigenvalue weighted by Crippen LogP contribution is -2.20. The molecule has 0 saturated heterocycles. The van der Waals surface area contributed by atoms with Crippen LogP contribution in [0.1, 0.15) is 27.8 Å². The molecule has 25 heavy (non-hydrogen) atoms. The highest BCUT2D eigenvalue weighted by atomic mass is 35.5. The van der Waals surface area contributed by atoms with Gasteiger partial charge in [-0.25, -0.2) is 0 Å². The van der Waals surface area contributed by atoms with Crippen LogP contribution in [-0.4, -0.2) is 23.2 Å². The number of aromatic nitrogens is 1. The standard InChI is InChI=1S/C19H17ClN2O3/c1-21-19(24)17-16(11-15(23)12-7-9-14(20)10-8-12)25-22-18(17)13-5-3-2-4-6-13/h2-10,15,23H,11H2,1H3,(H,21,24). The van der Waals surface area contributed by atoms with Gasteiger partial charge >= 0.3 is 0 Å². The highest BCUT2D eigenvalue weighted by molar-refractivity contribution is 6.30. The van der Waals surface area contributed by atoms with Crippen LogP contribution >= 0.6 is 11.6 Å². The molecule has 3 aromatic rings. The predicted octanol–water partition coefficient (Wildman–Crippen LogP) is 3.63. The van der Waals surface area contributed by atoms with E-state index in [1.54, 1.807) is 31.3 Å². The van der Waals surface area contributed by atoms with Crippen molar-refractivity contribution >= 4 is 17.5 Å². The van der Waals surface area contributed by atoms with Crippen LogP contribution < -0.4 is 5.32 Å². The van der Waals surface area contributed by atoms with E-state index in [-0.39, 0.29) is 12.3 Å². The number of hydrogen-bond donors (Lipinski definition) is 2. The third kappa shape index (κ3) is 3.73. The molecule has 0 aliphatic heterocycles. The molecule has 1 amide bonds. The van der Waals surface area contributed by atoms with Crippen LogP contribution in [0.5, 0.6) is 0 Å². The van der Waals surface area contributed by atoms with Gasteiger partial charge in [0.1, 0.15) is 11.3 Å². The molecule has 0 bridgehead atoms. The summed E-state index contributed by atoms with van der Waals surface area (Å²) < 4.78 is 5.39. The number of nitrogens with zero attached hydrogens (tertiary/aromatic N) is 1. The molecule has 0 aliphatic rings. The van der Waals surface area contributed by atoms with Crippen LogP contribution in [0.25, 0.3) is 11.3 Å². The molecule has 0 radical (unpaired) electrons. The average Bonchev–Trinajstić information content (AvgIpc) is 3.05. The number of carbonyl (C=O) groups excluding carboxylic acids is 1. The van der Waals surface area contributed by atoms with Crippen molar-refractivity contribution in [3.05, 3.63) is 76.5 Å². The Morgan fingerprint density at radius 2 is 1.88 bits per heavy atom. The smallest absolute Gasteiger partial charge is 0.256 e. The molecular weight excluding hydrogens is 340 g/mol. The number of aliphatic hydroxyl groups excluding tert-OH is 1. The van der Waals surface area contributed by atoms with Gasteiger partial charge in [0, 0.05) is 24.1 Å². The van der Waals surface area contributed by atoms with Crippen molar-refractivity contribution in [3.63, 3.8) is 0 Å². The molecule has 5 nitrogen and oxygen atoms in total. The third-order valence-electron chi connectivity index (χ3n) is 3.90. The molecule has 2 N–H and O–H groups in total. The lowest BCUT2D eigenvalue weighted by Gasteiger charge is -2.10. The molecule has 128 valence electrons. The summed E-state index contributed by atoms with van der Waals surface area (Å²) in [5.74, 6) is 0.0269. The molecule has 1 aromatic heterocycles. The second kappa shape index (κ2) is 7.51. The first kappa shape index (κ1) is 17.2. The Morgan fingerprint density at radius 3 is 2.52 bits per heavy atom. The summed E-state index contributed by atoms with van der Waals surface area (Å²) in [6.07, 6.45) is -0.707. The lowest BCUT2D eigenvalue weighted by molar-refractivity contribution is 0.0959. The predicted molar refractivity (Wildman–Crippen MR) is 95.4 cm³/mol. The van der Waals surface area contributed by atoms with Gasteiger partial charge in [-0.3, -0.25) is 4.79 Å². The number of halogens is 1. The van der Waals surface area contributed by atoms with Crippen molar-refractivity contribution in [1.82, 2.24) is 10.5 Å². The molecule has 0 saturated carbocycles. The Kier molecular flexibility index (Phi) is 5.16. The molecule has 0 spiro atoms. The minimum absolute atomic E-state index is 0.129. The van der Waals surface area contributed by atoms with Crippen molar-refractivity contribution in [2.24, 2.45) is 0 Å². The number of amides is 1. The Bertz CT molecular complexity index is 860. The van der Waals surface area contributed by atoms with Crippen LogP contribution in [0.3, 0.4) is 0 Å². The van der Waals surface area contributed by atoms with Crippen LogP contribution in [-0.2, 0) is 6.42 Å². The van der Waals surface area contributed by atoms with E-state index < -0.39 is 6.10 Å². The van der Waals surface area contributed by atoms with Gasteiger partial charge in [-0.1, -0.05) is 59.2 Å². The summed E-state index contributed by atoms with van der Waals surface area (Å²) >= 11 is 5.87. The fourth-order valence-corrected chi connectivity index (χ4v) is 2.72. The zero-order valence-electron chi connectivity index (χ0n) is 13.6. The molecule has 1 atom stereocenters. The van der Waals surface area contributed by atoms with E-state index >= 15 is 0 Å². The monoisotopic (exact) mass is 356 g/mol. The largest absolute Gasteiger partial charge is 0.388 e. The zero-order chi connectivity index (χ0) is 17.8. The van der Waals surface area contributed by atoms with Gasteiger partial charge in [-0.2, -0.15) is 0 Å². The van der Waals surface area contributed by atoms with Gasteiger partial charge in [0.15, 0.2) is 5.76 Å². The molecule has 6 heteroatoms. The van der Waals surface area contributed by atoms with Crippen LogP contribution in [0, 0.1) is 0 Å². The zero-order valence-corrected chi connectivity index (χ0v) is 14.3. The number of rotatable bonds is 5. The van der Waals surface area contributed by atoms with E-state index in [0.29, 0.717) is 27.6 Å². The SMILES string of the molecule is CNC(=O)c1c(-c2ccccc2)noc1CC(O)c1ccc(Cl)cc1. The summed E-state index contributed by atoms with van der Waals surface area (Å²) in [6.45, 7) is 0. The molecule has 1 heterocycles. The number of benzene rings is 2. The molecule has 0 aliphatic carbocycles. The second-order valence-corrected chi connectivity index (χ2v) is 5.98. The van der Waals surface area contributed by atoms with Crippen LogP contribution in [0.2, 0.25) is 5.02 Å². The minimum atomic E-state index is -0.836. The van der Waals surface area contributed by atoms with Crippen molar-refractivity contribution in [3.8, 4) is 11.3 Å². The van der Waals surface area contributed by atoms with Gasteiger partial charge in [-0.15, -0.1) is 0 Å². The van der Waals surface area contributed by atoms with Gasteiger partial charge < -0.3 is 14.9 Å². The second-order valence-electron chi connectivity index (χ2n) is 5.55. The van der Waals surface area contributed by atoms with Crippen molar-refractivity contribution in [2.45, 2.75) is 12.5 Å². The van der Waals surface area contributed by atoms with E-state index in [2.05, 4.69) is 10.5 Å². The number of carbonyl (C=O) groups is 1. The van der Waals surface area contributed by atoms with Crippen LogP contribution in [0.15, 0.2) is 59.1 Å². The molecule has 3 rings (SSSR count). The van der Waals surface area contributed by atoms with Crippen molar-refractivity contribution in [2.75, 3.05) is 7.05 Å². The Labute approximate surface area is 150 Å². The highest BCUT2D eigenvalue weighted by Crippen LogP contribution is 2.29. The number of nitrogens with one attached hydrogen (secondary N) is 1. The first-order valence-electron chi connectivity index (χ1n) is 7.79. The van der Waals surface area contributed by atoms with Gasteiger partial charge in [0.25, 0.3) is 5.91 Å². The maximum Gasteiger partial charge on any atom is 0.256 e. The molecular formula is C19H17ClN2O3. The van der Waals surface area contributed by atoms with E-state index in [1.807, 2.05) is 30.3 Å². The van der Waals surface area contributed by atoms with Crippen molar-refractivity contribution < 1.29 is 14.4 Å². The van der Waals surface area contributed by atoms with Crippen molar-refractivity contribution in [1.29, 1.82) is 0 Å². The van der Waals surface area contributed by atoms with Gasteiger partial charge in [0.2, 0.25) is 0 Å². The lowest BCUT2D eigenvalue weighted by atomic mass is 10.00. The fourth-order valence-electron chi connectivity index (χ4n) is 2.59. The summed E-state index contributed by atoms with van der Waals surface area (Å²) in [4.78, 5) is 12.3. The Balaban J connectivity index is 1.95. The molecule has 0 fully saturated rings. The van der Waals surface area contributed by atoms with E-state index in [4.69, 9.17) is 16.1 Å². The maximum absolute atomic E-state index is 12.3. The third-order valence-corrected chi connectivity index (χ3v) is 4.15. The Hall–Kier alpha value is -2.63. The minimum Gasteiger partial charge on any atom is -0.388 e. The summed E-state index contributed by atoms with van der Waals surface area (Å²) in [7, 11) is 1.55. The van der Waals surface area contributed by atoms with Gasteiger partial charge in [-0.05, 0) is 17.7 Å². The summed E-state index contributed by atoms with van der Waals surface area (Å²) in [5, 5.41) is 17.7. The van der Waals surface area contributed by atoms with E-state index in [1.165, 1.54) is 0 Å². The average molecular weight is 357 g/mol. The quantitative estimate of drug-likeness (QED) is 0.732. The molecule has 2 aromatic carbocycles. The summed E-state index contributed by atoms with van der Waals surface area (Å²) in [6, 6.07) is 16.2. The van der Waals surface area contributed by atoms with Crippen LogP contribution in [0.4, 0.5) is 0 Å². The molecule has 1 unspecified atom stereocenters. The van der Waals surface area contributed by atoms with Gasteiger partial charge in [0.05, 0.1) is 6.10 Å². The normalized spacial score (nSPS) is 12.0.